The Hall–Kier alpha value is -2.44. The van der Waals surface area contributed by atoms with Crippen molar-refractivity contribution in [2.24, 2.45) is 7.05 Å². The predicted molar refractivity (Wildman–Crippen MR) is 123 cm³/mol. The first-order valence-corrected chi connectivity index (χ1v) is 11.5. The van der Waals surface area contributed by atoms with Crippen LogP contribution in [0.25, 0.3) is 11.0 Å². The van der Waals surface area contributed by atoms with Crippen molar-refractivity contribution in [3.63, 3.8) is 0 Å². The molecule has 2 aliphatic rings. The third-order valence-corrected chi connectivity index (χ3v) is 6.73. The number of benzene rings is 1. The summed E-state index contributed by atoms with van der Waals surface area (Å²) in [5.41, 5.74) is 4.46. The largest absolute Gasteiger partial charge is 0.350 e. The molecule has 0 radical (unpaired) electrons. The number of aryl methyl sites for hydroxylation is 2. The average molecular weight is 438 g/mol. The Balaban J connectivity index is 1.44. The molecular weight excluding hydrogens is 410 g/mol. The summed E-state index contributed by atoms with van der Waals surface area (Å²) in [4.78, 5) is 20.7. The number of fused-ring (bicyclic) bond motifs is 1. The molecule has 1 atom stereocenters. The van der Waals surface area contributed by atoms with E-state index in [1.807, 2.05) is 38.2 Å². The molecule has 1 aliphatic carbocycles. The molecule has 31 heavy (non-hydrogen) atoms. The van der Waals surface area contributed by atoms with Gasteiger partial charge in [-0.05, 0) is 69.5 Å². The van der Waals surface area contributed by atoms with Gasteiger partial charge in [0.05, 0.1) is 22.7 Å². The van der Waals surface area contributed by atoms with E-state index < -0.39 is 0 Å². The molecule has 3 heterocycles. The summed E-state index contributed by atoms with van der Waals surface area (Å²) in [6, 6.07) is 10.1. The second-order valence-corrected chi connectivity index (χ2v) is 9.24. The molecule has 0 bridgehead atoms. The maximum Gasteiger partial charge on any atom is 0.252 e. The Morgan fingerprint density at radius 2 is 2.03 bits per heavy atom. The van der Waals surface area contributed by atoms with Crippen molar-refractivity contribution in [1.29, 1.82) is 0 Å². The monoisotopic (exact) mass is 437 g/mol. The van der Waals surface area contributed by atoms with Crippen molar-refractivity contribution >= 4 is 28.5 Å². The molecule has 0 spiro atoms. The third kappa shape index (κ3) is 4.06. The number of hydrogen-bond acceptors (Lipinski definition) is 4. The van der Waals surface area contributed by atoms with Crippen molar-refractivity contribution in [1.82, 2.24) is 25.0 Å². The van der Waals surface area contributed by atoms with E-state index in [9.17, 15) is 4.79 Å². The molecule has 1 saturated carbocycles. The van der Waals surface area contributed by atoms with E-state index >= 15 is 0 Å². The second-order valence-electron chi connectivity index (χ2n) is 8.80. The Kier molecular flexibility index (Phi) is 5.44. The van der Waals surface area contributed by atoms with Crippen molar-refractivity contribution in [2.45, 2.75) is 44.6 Å². The molecule has 1 aliphatic heterocycles. The number of carbonyl (C=O) groups is 1. The fourth-order valence-electron chi connectivity index (χ4n) is 4.74. The van der Waals surface area contributed by atoms with Crippen molar-refractivity contribution in [3.05, 3.63) is 57.9 Å². The number of rotatable bonds is 6. The second kappa shape index (κ2) is 8.24. The minimum Gasteiger partial charge on any atom is -0.350 e. The Labute approximate surface area is 187 Å². The lowest BCUT2D eigenvalue weighted by Gasteiger charge is -2.28. The minimum atomic E-state index is -0.0587. The number of likely N-dealkylation sites (tertiary alicyclic amines) is 1. The molecule has 1 N–H and O–H groups in total. The van der Waals surface area contributed by atoms with E-state index in [-0.39, 0.29) is 11.9 Å². The number of pyridine rings is 1. The molecule has 2 aromatic heterocycles. The van der Waals surface area contributed by atoms with Crippen LogP contribution < -0.4 is 5.32 Å². The highest BCUT2D eigenvalue weighted by Gasteiger charge is 2.29. The van der Waals surface area contributed by atoms with E-state index in [1.165, 1.54) is 12.8 Å². The fraction of sp³-hybridized carbons (Fsp3) is 0.458. The Morgan fingerprint density at radius 1 is 1.26 bits per heavy atom. The van der Waals surface area contributed by atoms with Crippen LogP contribution in [-0.2, 0) is 7.05 Å². The van der Waals surface area contributed by atoms with Gasteiger partial charge < -0.3 is 5.32 Å². The number of aromatic nitrogens is 3. The van der Waals surface area contributed by atoms with Gasteiger partial charge >= 0.3 is 0 Å². The van der Waals surface area contributed by atoms with Gasteiger partial charge in [0.2, 0.25) is 0 Å². The minimum absolute atomic E-state index is 0.0587. The number of carbonyl (C=O) groups excluding carboxylic acids is 1. The van der Waals surface area contributed by atoms with Crippen LogP contribution in [-0.4, -0.2) is 45.2 Å². The zero-order chi connectivity index (χ0) is 21.5. The Bertz CT molecular complexity index is 1130. The highest BCUT2D eigenvalue weighted by Crippen LogP contribution is 2.40. The summed E-state index contributed by atoms with van der Waals surface area (Å²) in [5.74, 6) is 0.409. The summed E-state index contributed by atoms with van der Waals surface area (Å²) in [6.45, 7) is 4.57. The van der Waals surface area contributed by atoms with Crippen LogP contribution in [0.2, 0.25) is 5.02 Å². The predicted octanol–water partition coefficient (Wildman–Crippen LogP) is 4.37. The first kappa shape index (κ1) is 20.5. The molecule has 1 saturated heterocycles. The van der Waals surface area contributed by atoms with Gasteiger partial charge in [-0.15, -0.1) is 0 Å². The zero-order valence-electron chi connectivity index (χ0n) is 18.1. The van der Waals surface area contributed by atoms with E-state index in [0.29, 0.717) is 18.0 Å². The number of halogens is 1. The van der Waals surface area contributed by atoms with Gasteiger partial charge in [0.25, 0.3) is 5.91 Å². The van der Waals surface area contributed by atoms with Gasteiger partial charge in [-0.2, -0.15) is 5.10 Å². The maximum atomic E-state index is 13.4. The Morgan fingerprint density at radius 3 is 2.74 bits per heavy atom. The summed E-state index contributed by atoms with van der Waals surface area (Å²) < 4.78 is 1.78. The van der Waals surface area contributed by atoms with Crippen molar-refractivity contribution in [3.8, 4) is 0 Å². The third-order valence-electron chi connectivity index (χ3n) is 6.50. The van der Waals surface area contributed by atoms with Crippen LogP contribution in [0, 0.1) is 6.92 Å². The van der Waals surface area contributed by atoms with Gasteiger partial charge in [0, 0.05) is 30.2 Å². The molecule has 2 fully saturated rings. The fourth-order valence-corrected chi connectivity index (χ4v) is 4.94. The van der Waals surface area contributed by atoms with Gasteiger partial charge in [-0.1, -0.05) is 23.7 Å². The highest BCUT2D eigenvalue weighted by molar-refractivity contribution is 6.30. The molecule has 3 aromatic rings. The van der Waals surface area contributed by atoms with E-state index in [1.54, 1.807) is 4.68 Å². The summed E-state index contributed by atoms with van der Waals surface area (Å²) in [6.07, 6.45) is 4.66. The van der Waals surface area contributed by atoms with Crippen molar-refractivity contribution in [2.75, 3.05) is 19.6 Å². The van der Waals surface area contributed by atoms with Crippen LogP contribution in [0.3, 0.4) is 0 Å². The molecule has 162 valence electrons. The first-order chi connectivity index (χ1) is 15.0. The van der Waals surface area contributed by atoms with Crippen molar-refractivity contribution < 1.29 is 4.79 Å². The number of amides is 1. The highest BCUT2D eigenvalue weighted by atomic mass is 35.5. The molecule has 6 nitrogen and oxygen atoms in total. The summed E-state index contributed by atoms with van der Waals surface area (Å²) in [5, 5.41) is 9.32. The molecule has 5 rings (SSSR count). The van der Waals surface area contributed by atoms with Crippen LogP contribution in [0.5, 0.6) is 0 Å². The molecular formula is C24H28ClN5O. The lowest BCUT2D eigenvalue weighted by molar-refractivity contribution is 0.0939. The average Bonchev–Trinajstić information content (AvgIpc) is 3.39. The zero-order valence-corrected chi connectivity index (χ0v) is 18.8. The maximum absolute atomic E-state index is 13.4. The quantitative estimate of drug-likeness (QED) is 0.621. The topological polar surface area (TPSA) is 63.1 Å². The van der Waals surface area contributed by atoms with E-state index in [0.717, 1.165) is 58.9 Å². The van der Waals surface area contributed by atoms with Crippen LogP contribution >= 0.6 is 11.6 Å². The first-order valence-electron chi connectivity index (χ1n) is 11.1. The normalized spacial score (nSPS) is 17.9. The number of nitrogens with zero attached hydrogens (tertiary/aromatic N) is 4. The number of nitrogens with one attached hydrogen (secondary N) is 1. The van der Waals surface area contributed by atoms with Crippen LogP contribution in [0.4, 0.5) is 0 Å². The van der Waals surface area contributed by atoms with Crippen LogP contribution in [0.1, 0.15) is 65.0 Å². The van der Waals surface area contributed by atoms with Gasteiger partial charge in [0.15, 0.2) is 5.65 Å². The summed E-state index contributed by atoms with van der Waals surface area (Å²) >= 11 is 6.27. The van der Waals surface area contributed by atoms with E-state index in [4.69, 9.17) is 16.6 Å². The van der Waals surface area contributed by atoms with E-state index in [2.05, 4.69) is 21.4 Å². The SMILES string of the molecule is Cc1nn(C)c2nc(C3CC3)cc(C(=O)NCC(c3cccc(Cl)c3)N3CCCC3)c12. The molecule has 7 heteroatoms. The van der Waals surface area contributed by atoms with Crippen LogP contribution in [0.15, 0.2) is 30.3 Å². The lowest BCUT2D eigenvalue weighted by atomic mass is 10.0. The molecule has 1 amide bonds. The smallest absolute Gasteiger partial charge is 0.252 e. The molecule has 1 aromatic carbocycles. The molecule has 1 unspecified atom stereocenters. The number of hydrogen-bond donors (Lipinski definition) is 1. The lowest BCUT2D eigenvalue weighted by Crippen LogP contribution is -2.37. The van der Waals surface area contributed by atoms with Gasteiger partial charge in [-0.3, -0.25) is 14.4 Å². The standard InChI is InChI=1S/C24H28ClN5O/c1-15-22-19(13-20(16-8-9-16)27-23(22)29(2)28-15)24(31)26-14-21(30-10-3-4-11-30)17-6-5-7-18(25)12-17/h5-7,12-13,16,21H,3-4,8-11,14H2,1-2H3,(H,26,31). The van der Waals surface area contributed by atoms with Gasteiger partial charge in [0.1, 0.15) is 0 Å². The summed E-state index contributed by atoms with van der Waals surface area (Å²) in [7, 11) is 1.89. The van der Waals surface area contributed by atoms with Gasteiger partial charge in [-0.25, -0.2) is 4.98 Å².